The van der Waals surface area contributed by atoms with Crippen molar-refractivity contribution in [3.05, 3.63) is 0 Å². The first-order valence-electron chi connectivity index (χ1n) is 7.58. The maximum atomic E-state index is 11.5. The summed E-state index contributed by atoms with van der Waals surface area (Å²) >= 11 is 0. The van der Waals surface area contributed by atoms with Gasteiger partial charge in [0.15, 0.2) is 0 Å². The average molecular weight is 267 g/mol. The summed E-state index contributed by atoms with van der Waals surface area (Å²) in [5.41, 5.74) is -0.168. The standard InChI is InChI=1S/C16H29NO2/c1-5-9-10-11-12-13-14-16(6-2,7-3)17-15(18)19-8-4/h4H,5-7,9-14H2,1-3H3,(H,17,18). The van der Waals surface area contributed by atoms with Crippen molar-refractivity contribution in [3.8, 4) is 12.5 Å². The van der Waals surface area contributed by atoms with Gasteiger partial charge in [0.1, 0.15) is 6.11 Å². The first-order valence-corrected chi connectivity index (χ1v) is 7.58. The summed E-state index contributed by atoms with van der Waals surface area (Å²) in [5.74, 6) is 0. The summed E-state index contributed by atoms with van der Waals surface area (Å²) in [6, 6.07) is 0. The van der Waals surface area contributed by atoms with Crippen molar-refractivity contribution >= 4 is 6.09 Å². The van der Waals surface area contributed by atoms with Crippen LogP contribution in [-0.4, -0.2) is 11.6 Å². The van der Waals surface area contributed by atoms with Crippen LogP contribution in [0.5, 0.6) is 0 Å². The lowest BCUT2D eigenvalue weighted by atomic mass is 9.86. The number of hydrogen-bond acceptors (Lipinski definition) is 2. The third-order valence-electron chi connectivity index (χ3n) is 3.88. The Balaban J connectivity index is 4.09. The Hall–Kier alpha value is -1.17. The van der Waals surface area contributed by atoms with Crippen molar-refractivity contribution in [3.63, 3.8) is 0 Å². The Bertz CT molecular complexity index is 277. The highest BCUT2D eigenvalue weighted by Crippen LogP contribution is 2.23. The van der Waals surface area contributed by atoms with Crippen molar-refractivity contribution in [1.82, 2.24) is 5.32 Å². The molecular formula is C16H29NO2. The molecule has 0 heterocycles. The fourth-order valence-electron chi connectivity index (χ4n) is 2.38. The van der Waals surface area contributed by atoms with Crippen LogP contribution in [0.4, 0.5) is 4.79 Å². The van der Waals surface area contributed by atoms with Crippen molar-refractivity contribution < 1.29 is 9.53 Å². The van der Waals surface area contributed by atoms with E-state index >= 15 is 0 Å². The number of alkyl carbamates (subject to hydrolysis) is 1. The zero-order valence-electron chi connectivity index (χ0n) is 12.8. The van der Waals surface area contributed by atoms with Gasteiger partial charge in [-0.15, -0.1) is 0 Å². The zero-order chi connectivity index (χ0) is 14.6. The topological polar surface area (TPSA) is 38.3 Å². The average Bonchev–Trinajstić information content (AvgIpc) is 2.41. The van der Waals surface area contributed by atoms with E-state index in [2.05, 4.69) is 30.8 Å². The van der Waals surface area contributed by atoms with E-state index in [1.165, 1.54) is 32.1 Å². The molecule has 110 valence electrons. The molecule has 0 atom stereocenters. The van der Waals surface area contributed by atoms with E-state index in [0.717, 1.165) is 25.7 Å². The van der Waals surface area contributed by atoms with Crippen LogP contribution < -0.4 is 5.32 Å². The van der Waals surface area contributed by atoms with Crippen LogP contribution >= 0.6 is 0 Å². The summed E-state index contributed by atoms with van der Waals surface area (Å²) in [6.45, 7) is 6.41. The molecule has 1 amide bonds. The maximum absolute atomic E-state index is 11.5. The van der Waals surface area contributed by atoms with E-state index < -0.39 is 6.09 Å². The number of unbranched alkanes of at least 4 members (excludes halogenated alkanes) is 5. The molecule has 0 unspecified atom stereocenters. The second kappa shape index (κ2) is 10.7. The second-order valence-corrected chi connectivity index (χ2v) is 5.14. The lowest BCUT2D eigenvalue weighted by Crippen LogP contribution is -2.47. The molecule has 0 aromatic rings. The molecular weight excluding hydrogens is 238 g/mol. The Morgan fingerprint density at radius 1 is 1.11 bits per heavy atom. The van der Waals surface area contributed by atoms with Crippen LogP contribution in [0.2, 0.25) is 0 Å². The first-order chi connectivity index (χ1) is 9.14. The molecule has 0 saturated carbocycles. The van der Waals surface area contributed by atoms with Crippen LogP contribution in [0.15, 0.2) is 0 Å². The number of ether oxygens (including phenoxy) is 1. The minimum atomic E-state index is -0.503. The van der Waals surface area contributed by atoms with Gasteiger partial charge >= 0.3 is 6.09 Å². The highest BCUT2D eigenvalue weighted by Gasteiger charge is 2.28. The lowest BCUT2D eigenvalue weighted by molar-refractivity contribution is 0.167. The van der Waals surface area contributed by atoms with E-state index in [4.69, 9.17) is 6.42 Å². The molecule has 19 heavy (non-hydrogen) atoms. The van der Waals surface area contributed by atoms with E-state index in [-0.39, 0.29) is 5.54 Å². The van der Waals surface area contributed by atoms with Crippen molar-refractivity contribution in [2.75, 3.05) is 0 Å². The Morgan fingerprint density at radius 2 is 1.68 bits per heavy atom. The highest BCUT2D eigenvalue weighted by molar-refractivity contribution is 5.69. The van der Waals surface area contributed by atoms with Gasteiger partial charge in [-0.2, -0.15) is 0 Å². The molecule has 3 nitrogen and oxygen atoms in total. The largest absolute Gasteiger partial charge is 0.421 e. The molecule has 0 aromatic heterocycles. The minimum absolute atomic E-state index is 0.168. The van der Waals surface area contributed by atoms with Gasteiger partial charge in [0.25, 0.3) is 0 Å². The molecule has 3 heteroatoms. The molecule has 0 aliphatic rings. The van der Waals surface area contributed by atoms with E-state index in [1.54, 1.807) is 0 Å². The summed E-state index contributed by atoms with van der Waals surface area (Å²) < 4.78 is 4.54. The minimum Gasteiger partial charge on any atom is -0.356 e. The van der Waals surface area contributed by atoms with Crippen LogP contribution in [0.3, 0.4) is 0 Å². The fourth-order valence-corrected chi connectivity index (χ4v) is 2.38. The van der Waals surface area contributed by atoms with Crippen LogP contribution in [0.1, 0.15) is 78.6 Å². The van der Waals surface area contributed by atoms with Gasteiger partial charge in [-0.25, -0.2) is 4.79 Å². The molecule has 0 aromatic carbocycles. The molecule has 0 saturated heterocycles. The molecule has 0 fully saturated rings. The number of carbonyl (C=O) groups excluding carboxylic acids is 1. The molecule has 0 radical (unpaired) electrons. The normalized spacial score (nSPS) is 10.8. The number of nitrogens with one attached hydrogen (secondary N) is 1. The Morgan fingerprint density at radius 3 is 2.21 bits per heavy atom. The molecule has 1 N–H and O–H groups in total. The number of terminal acetylenes is 1. The van der Waals surface area contributed by atoms with Gasteiger partial charge in [-0.3, -0.25) is 0 Å². The SMILES string of the molecule is C#COC(=O)NC(CC)(CC)CCCCCCCC. The van der Waals surface area contributed by atoms with Gasteiger partial charge in [0, 0.05) is 5.54 Å². The fraction of sp³-hybridized carbons (Fsp3) is 0.812. The van der Waals surface area contributed by atoms with Crippen molar-refractivity contribution in [1.29, 1.82) is 0 Å². The second-order valence-electron chi connectivity index (χ2n) is 5.14. The van der Waals surface area contributed by atoms with E-state index in [9.17, 15) is 4.79 Å². The predicted octanol–water partition coefficient (Wildman–Crippen LogP) is 4.61. The first kappa shape index (κ1) is 17.8. The van der Waals surface area contributed by atoms with Crippen molar-refractivity contribution in [2.45, 2.75) is 84.1 Å². The van der Waals surface area contributed by atoms with E-state index in [0.29, 0.717) is 0 Å². The summed E-state index contributed by atoms with van der Waals surface area (Å²) in [4.78, 5) is 11.5. The lowest BCUT2D eigenvalue weighted by Gasteiger charge is -2.32. The maximum Gasteiger partial charge on any atom is 0.421 e. The molecule has 0 aliphatic heterocycles. The summed E-state index contributed by atoms with van der Waals surface area (Å²) in [6.07, 6.45) is 16.7. The zero-order valence-corrected chi connectivity index (χ0v) is 12.8. The summed E-state index contributed by atoms with van der Waals surface area (Å²) in [7, 11) is 0. The highest BCUT2D eigenvalue weighted by atomic mass is 16.5. The van der Waals surface area contributed by atoms with Gasteiger partial charge in [0.05, 0.1) is 0 Å². The monoisotopic (exact) mass is 267 g/mol. The van der Waals surface area contributed by atoms with Gasteiger partial charge in [-0.1, -0.05) is 65.7 Å². The van der Waals surface area contributed by atoms with Crippen molar-refractivity contribution in [2.24, 2.45) is 0 Å². The van der Waals surface area contributed by atoms with Crippen LogP contribution in [0.25, 0.3) is 0 Å². The molecule has 0 rings (SSSR count). The van der Waals surface area contributed by atoms with Gasteiger partial charge in [-0.05, 0) is 19.3 Å². The number of carbonyl (C=O) groups is 1. The van der Waals surface area contributed by atoms with Crippen LogP contribution in [0, 0.1) is 12.5 Å². The number of rotatable bonds is 10. The smallest absolute Gasteiger partial charge is 0.356 e. The molecule has 0 aliphatic carbocycles. The van der Waals surface area contributed by atoms with E-state index in [1.807, 2.05) is 6.11 Å². The third kappa shape index (κ3) is 7.77. The Labute approximate surface area is 118 Å². The Kier molecular flexibility index (Phi) is 10.1. The van der Waals surface area contributed by atoms with Gasteiger partial charge < -0.3 is 10.1 Å². The predicted molar refractivity (Wildman–Crippen MR) is 79.8 cm³/mol. The molecule has 0 bridgehead atoms. The quantitative estimate of drug-likeness (QED) is 0.463. The molecule has 0 spiro atoms. The third-order valence-corrected chi connectivity index (χ3v) is 3.88. The number of hydrogen-bond donors (Lipinski definition) is 1. The van der Waals surface area contributed by atoms with Crippen LogP contribution in [-0.2, 0) is 4.74 Å². The number of amides is 1. The van der Waals surface area contributed by atoms with Gasteiger partial charge in [0.2, 0.25) is 0 Å². The summed E-state index contributed by atoms with van der Waals surface area (Å²) in [5, 5.41) is 2.93.